The average Bonchev–Trinajstić information content (AvgIpc) is 2.97. The Balaban J connectivity index is 1.89. The fraction of sp³-hybridized carbons (Fsp3) is 0.375. The molecule has 0 aliphatic rings. The summed E-state index contributed by atoms with van der Waals surface area (Å²) in [6.07, 6.45) is 0. The van der Waals surface area contributed by atoms with Gasteiger partial charge in [-0.15, -0.1) is 11.3 Å². The van der Waals surface area contributed by atoms with Gasteiger partial charge < -0.3 is 5.32 Å². The molecule has 22 heavy (non-hydrogen) atoms. The molecule has 1 N–H and O–H groups in total. The third-order valence-corrected chi connectivity index (χ3v) is 4.76. The fourth-order valence-corrected chi connectivity index (χ4v) is 3.19. The second kappa shape index (κ2) is 8.41. The van der Waals surface area contributed by atoms with Gasteiger partial charge in [-0.3, -0.25) is 9.69 Å². The Bertz CT molecular complexity index is 625. The molecule has 0 saturated heterocycles. The molecule has 1 aromatic carbocycles. The summed E-state index contributed by atoms with van der Waals surface area (Å²) in [5.74, 6) is -0.0817. The van der Waals surface area contributed by atoms with E-state index in [2.05, 4.69) is 50.4 Å². The van der Waals surface area contributed by atoms with E-state index >= 15 is 0 Å². The Hall–Kier alpha value is -1.24. The smallest absolute Gasteiger partial charge is 0.251 e. The van der Waals surface area contributed by atoms with Crippen molar-refractivity contribution in [3.63, 3.8) is 0 Å². The minimum Gasteiger partial charge on any atom is -0.346 e. The van der Waals surface area contributed by atoms with Gasteiger partial charge in [0.25, 0.3) is 5.91 Å². The van der Waals surface area contributed by atoms with E-state index in [9.17, 15) is 4.79 Å². The average molecular weight is 382 g/mol. The molecular weight excluding hydrogens is 362 g/mol. The highest BCUT2D eigenvalue weighted by atomic mass is 79.9. The molecule has 6 heteroatoms. The maximum Gasteiger partial charge on any atom is 0.251 e. The molecule has 0 unspecified atom stereocenters. The number of carbonyl (C=O) groups excluding carboxylic acids is 1. The number of carbonyl (C=O) groups is 1. The highest BCUT2D eigenvalue weighted by Crippen LogP contribution is 2.13. The normalized spacial score (nSPS) is 10.9. The van der Waals surface area contributed by atoms with Crippen LogP contribution in [0.5, 0.6) is 0 Å². The molecule has 0 radical (unpaired) electrons. The summed E-state index contributed by atoms with van der Waals surface area (Å²) in [5, 5.41) is 5.92. The highest BCUT2D eigenvalue weighted by Gasteiger charge is 2.09. The molecule has 0 atom stereocenters. The van der Waals surface area contributed by atoms with Crippen molar-refractivity contribution in [1.82, 2.24) is 15.2 Å². The molecule has 0 spiro atoms. The zero-order valence-corrected chi connectivity index (χ0v) is 15.2. The second-order valence-electron chi connectivity index (χ2n) is 4.89. The van der Waals surface area contributed by atoms with Gasteiger partial charge in [0.2, 0.25) is 0 Å². The molecule has 118 valence electrons. The van der Waals surface area contributed by atoms with E-state index < -0.39 is 0 Å². The summed E-state index contributed by atoms with van der Waals surface area (Å²) in [6, 6.07) is 7.36. The van der Waals surface area contributed by atoms with Crippen molar-refractivity contribution in [2.45, 2.75) is 26.9 Å². The Morgan fingerprint density at radius 2 is 2.14 bits per heavy atom. The van der Waals surface area contributed by atoms with Gasteiger partial charge in [0.15, 0.2) is 0 Å². The third kappa shape index (κ3) is 4.90. The molecule has 2 aromatic rings. The van der Waals surface area contributed by atoms with E-state index in [0.717, 1.165) is 34.8 Å². The molecule has 0 saturated carbocycles. The van der Waals surface area contributed by atoms with E-state index in [-0.39, 0.29) is 5.91 Å². The highest BCUT2D eigenvalue weighted by molar-refractivity contribution is 9.10. The minimum absolute atomic E-state index is 0.0817. The first kappa shape index (κ1) is 17.1. The quantitative estimate of drug-likeness (QED) is 0.795. The number of thiazole rings is 1. The van der Waals surface area contributed by atoms with Crippen molar-refractivity contribution in [2.24, 2.45) is 0 Å². The first-order valence-corrected chi connectivity index (χ1v) is 8.99. The van der Waals surface area contributed by atoms with Gasteiger partial charge in [-0.05, 0) is 31.3 Å². The Kier molecular flexibility index (Phi) is 6.54. The molecule has 1 heterocycles. The SMILES string of the molecule is CCN(CC)Cc1csc(CNC(=O)c2cccc(Br)c2)n1. The monoisotopic (exact) mass is 381 g/mol. The van der Waals surface area contributed by atoms with Crippen molar-refractivity contribution in [2.75, 3.05) is 13.1 Å². The van der Waals surface area contributed by atoms with Crippen LogP contribution in [-0.4, -0.2) is 28.9 Å². The lowest BCUT2D eigenvalue weighted by Crippen LogP contribution is -2.23. The Morgan fingerprint density at radius 3 is 2.82 bits per heavy atom. The van der Waals surface area contributed by atoms with Crippen LogP contribution >= 0.6 is 27.3 Å². The zero-order chi connectivity index (χ0) is 15.9. The lowest BCUT2D eigenvalue weighted by molar-refractivity contribution is 0.0951. The van der Waals surface area contributed by atoms with Gasteiger partial charge >= 0.3 is 0 Å². The number of rotatable bonds is 7. The molecule has 0 bridgehead atoms. The molecule has 1 aromatic heterocycles. The number of hydrogen-bond donors (Lipinski definition) is 1. The van der Waals surface area contributed by atoms with Crippen LogP contribution < -0.4 is 5.32 Å². The second-order valence-corrected chi connectivity index (χ2v) is 6.75. The number of amides is 1. The number of hydrogen-bond acceptors (Lipinski definition) is 4. The van der Waals surface area contributed by atoms with E-state index in [1.165, 1.54) is 0 Å². The van der Waals surface area contributed by atoms with Gasteiger partial charge in [0.1, 0.15) is 5.01 Å². The number of nitrogens with one attached hydrogen (secondary N) is 1. The summed E-state index contributed by atoms with van der Waals surface area (Å²) in [4.78, 5) is 19.0. The molecule has 1 amide bonds. The van der Waals surface area contributed by atoms with Crippen molar-refractivity contribution < 1.29 is 4.79 Å². The van der Waals surface area contributed by atoms with Crippen molar-refractivity contribution in [1.29, 1.82) is 0 Å². The lowest BCUT2D eigenvalue weighted by Gasteiger charge is -2.15. The van der Waals surface area contributed by atoms with E-state index in [1.807, 2.05) is 18.2 Å². The predicted molar refractivity (Wildman–Crippen MR) is 94.1 cm³/mol. The van der Waals surface area contributed by atoms with Crippen molar-refractivity contribution in [3.8, 4) is 0 Å². The van der Waals surface area contributed by atoms with Gasteiger partial charge in [0, 0.05) is 22.0 Å². The van der Waals surface area contributed by atoms with Crippen LogP contribution in [0.25, 0.3) is 0 Å². The van der Waals surface area contributed by atoms with Gasteiger partial charge in [-0.2, -0.15) is 0 Å². The molecule has 4 nitrogen and oxygen atoms in total. The predicted octanol–water partition coefficient (Wildman–Crippen LogP) is 3.68. The standard InChI is InChI=1S/C16H20BrN3OS/c1-3-20(4-2)10-14-11-22-15(19-14)9-18-16(21)12-6-5-7-13(17)8-12/h5-8,11H,3-4,9-10H2,1-2H3,(H,18,21). The summed E-state index contributed by atoms with van der Waals surface area (Å²) in [5.41, 5.74) is 1.72. The molecule has 0 fully saturated rings. The number of aromatic nitrogens is 1. The summed E-state index contributed by atoms with van der Waals surface area (Å²) in [6.45, 7) is 7.66. The number of benzene rings is 1. The summed E-state index contributed by atoms with van der Waals surface area (Å²) < 4.78 is 0.899. The van der Waals surface area contributed by atoms with Gasteiger partial charge in [-0.25, -0.2) is 4.98 Å². The van der Waals surface area contributed by atoms with Gasteiger partial charge in [0.05, 0.1) is 12.2 Å². The molecule has 2 rings (SSSR count). The summed E-state index contributed by atoms with van der Waals surface area (Å²) >= 11 is 4.96. The Morgan fingerprint density at radius 1 is 1.36 bits per heavy atom. The largest absolute Gasteiger partial charge is 0.346 e. The molecule has 0 aliphatic heterocycles. The van der Waals surface area contributed by atoms with Crippen molar-refractivity contribution >= 4 is 33.2 Å². The fourth-order valence-electron chi connectivity index (χ4n) is 2.07. The van der Waals surface area contributed by atoms with Crippen LogP contribution in [0.2, 0.25) is 0 Å². The topological polar surface area (TPSA) is 45.2 Å². The molecule has 0 aliphatic carbocycles. The van der Waals surface area contributed by atoms with E-state index in [0.29, 0.717) is 12.1 Å². The Labute approximate surface area is 143 Å². The van der Waals surface area contributed by atoms with Crippen LogP contribution in [0, 0.1) is 0 Å². The molecular formula is C16H20BrN3OS. The third-order valence-electron chi connectivity index (χ3n) is 3.37. The zero-order valence-electron chi connectivity index (χ0n) is 12.8. The van der Waals surface area contributed by atoms with E-state index in [1.54, 1.807) is 17.4 Å². The number of halogens is 1. The van der Waals surface area contributed by atoms with Crippen LogP contribution in [0.1, 0.15) is 34.9 Å². The maximum absolute atomic E-state index is 12.1. The van der Waals surface area contributed by atoms with Crippen LogP contribution in [0.4, 0.5) is 0 Å². The first-order valence-electron chi connectivity index (χ1n) is 7.31. The van der Waals surface area contributed by atoms with Crippen LogP contribution in [0.15, 0.2) is 34.1 Å². The van der Waals surface area contributed by atoms with Gasteiger partial charge in [-0.1, -0.05) is 35.8 Å². The van der Waals surface area contributed by atoms with Crippen LogP contribution in [0.3, 0.4) is 0 Å². The van der Waals surface area contributed by atoms with Crippen LogP contribution in [-0.2, 0) is 13.1 Å². The first-order chi connectivity index (χ1) is 10.6. The summed E-state index contributed by atoms with van der Waals surface area (Å²) in [7, 11) is 0. The van der Waals surface area contributed by atoms with Crippen molar-refractivity contribution in [3.05, 3.63) is 50.4 Å². The van der Waals surface area contributed by atoms with E-state index in [4.69, 9.17) is 0 Å². The lowest BCUT2D eigenvalue weighted by atomic mass is 10.2. The minimum atomic E-state index is -0.0817. The number of nitrogens with zero attached hydrogens (tertiary/aromatic N) is 2. The maximum atomic E-state index is 12.1.